The van der Waals surface area contributed by atoms with E-state index in [1.165, 1.54) is 0 Å². The van der Waals surface area contributed by atoms with Crippen LogP contribution in [0.15, 0.2) is 18.3 Å². The second-order valence-corrected chi connectivity index (χ2v) is 4.43. The van der Waals surface area contributed by atoms with Crippen LogP contribution in [0.3, 0.4) is 0 Å². The molecular formula is C13H19N3O2. The van der Waals surface area contributed by atoms with Crippen molar-refractivity contribution in [3.05, 3.63) is 23.9 Å². The van der Waals surface area contributed by atoms with E-state index in [1.54, 1.807) is 13.3 Å². The van der Waals surface area contributed by atoms with Gasteiger partial charge in [0.25, 0.3) is 0 Å². The zero-order valence-corrected chi connectivity index (χ0v) is 10.6. The molecule has 2 rings (SSSR count). The van der Waals surface area contributed by atoms with E-state index in [4.69, 9.17) is 4.74 Å². The van der Waals surface area contributed by atoms with E-state index in [1.807, 2.05) is 12.1 Å². The van der Waals surface area contributed by atoms with Gasteiger partial charge in [0.1, 0.15) is 0 Å². The highest BCUT2D eigenvalue weighted by Crippen LogP contribution is 2.14. The quantitative estimate of drug-likeness (QED) is 0.825. The first-order valence-corrected chi connectivity index (χ1v) is 6.27. The molecule has 1 saturated heterocycles. The molecule has 0 bridgehead atoms. The Morgan fingerprint density at radius 1 is 1.67 bits per heavy atom. The number of nitrogens with zero attached hydrogens (tertiary/aromatic N) is 1. The van der Waals surface area contributed by atoms with Crippen LogP contribution in [0.2, 0.25) is 0 Å². The lowest BCUT2D eigenvalue weighted by Gasteiger charge is -2.22. The maximum absolute atomic E-state index is 12.0. The lowest BCUT2D eigenvalue weighted by atomic mass is 9.99. The molecule has 5 nitrogen and oxygen atoms in total. The molecule has 0 radical (unpaired) electrons. The van der Waals surface area contributed by atoms with Gasteiger partial charge in [-0.25, -0.2) is 4.98 Å². The molecule has 1 aliphatic rings. The van der Waals surface area contributed by atoms with Crippen molar-refractivity contribution in [2.24, 2.45) is 5.92 Å². The number of methoxy groups -OCH3 is 1. The molecule has 98 valence electrons. The summed E-state index contributed by atoms with van der Waals surface area (Å²) in [5, 5.41) is 6.18. The van der Waals surface area contributed by atoms with Crippen molar-refractivity contribution < 1.29 is 9.53 Å². The van der Waals surface area contributed by atoms with Gasteiger partial charge in [0.2, 0.25) is 11.8 Å². The first-order valence-electron chi connectivity index (χ1n) is 6.27. The number of piperidine rings is 1. The Balaban J connectivity index is 1.88. The predicted molar refractivity (Wildman–Crippen MR) is 68.2 cm³/mol. The van der Waals surface area contributed by atoms with E-state index in [-0.39, 0.29) is 11.8 Å². The largest absolute Gasteiger partial charge is 0.481 e. The van der Waals surface area contributed by atoms with E-state index in [9.17, 15) is 4.79 Å². The van der Waals surface area contributed by atoms with Gasteiger partial charge in [0.15, 0.2) is 0 Å². The number of nitrogens with one attached hydrogen (secondary N) is 2. The van der Waals surface area contributed by atoms with Gasteiger partial charge in [-0.2, -0.15) is 0 Å². The smallest absolute Gasteiger partial charge is 0.224 e. The molecule has 1 aromatic heterocycles. The highest BCUT2D eigenvalue weighted by Gasteiger charge is 2.20. The Bertz CT molecular complexity index is 403. The van der Waals surface area contributed by atoms with Crippen LogP contribution in [0.5, 0.6) is 5.88 Å². The number of hydrogen-bond acceptors (Lipinski definition) is 4. The summed E-state index contributed by atoms with van der Waals surface area (Å²) < 4.78 is 5.15. The number of carbonyl (C=O) groups excluding carboxylic acids is 1. The lowest BCUT2D eigenvalue weighted by molar-refractivity contribution is -0.125. The van der Waals surface area contributed by atoms with Gasteiger partial charge in [-0.05, 0) is 25.5 Å². The fourth-order valence-corrected chi connectivity index (χ4v) is 2.14. The predicted octanol–water partition coefficient (Wildman–Crippen LogP) is 0.706. The van der Waals surface area contributed by atoms with Gasteiger partial charge < -0.3 is 15.4 Å². The third-order valence-electron chi connectivity index (χ3n) is 3.16. The lowest BCUT2D eigenvalue weighted by Crippen LogP contribution is -2.40. The Morgan fingerprint density at radius 2 is 2.56 bits per heavy atom. The summed E-state index contributed by atoms with van der Waals surface area (Å²) in [6, 6.07) is 3.75. The molecule has 18 heavy (non-hydrogen) atoms. The van der Waals surface area contributed by atoms with E-state index >= 15 is 0 Å². The van der Waals surface area contributed by atoms with Gasteiger partial charge in [-0.15, -0.1) is 0 Å². The summed E-state index contributed by atoms with van der Waals surface area (Å²) in [5.74, 6) is 0.758. The Hall–Kier alpha value is -1.62. The minimum atomic E-state index is 0.0846. The highest BCUT2D eigenvalue weighted by atomic mass is 16.5. The monoisotopic (exact) mass is 249 g/mol. The molecule has 5 heteroatoms. The average Bonchev–Trinajstić information content (AvgIpc) is 2.46. The molecular weight excluding hydrogens is 230 g/mol. The minimum absolute atomic E-state index is 0.0846. The SMILES string of the molecule is COc1ncccc1CNC(=O)[C@H]1CCCNC1. The van der Waals surface area contributed by atoms with Crippen LogP contribution in [-0.2, 0) is 11.3 Å². The van der Waals surface area contributed by atoms with Crippen molar-refractivity contribution in [1.29, 1.82) is 0 Å². The molecule has 0 spiro atoms. The van der Waals surface area contributed by atoms with Crippen molar-refractivity contribution in [2.45, 2.75) is 19.4 Å². The third kappa shape index (κ3) is 3.20. The molecule has 2 heterocycles. The number of carbonyl (C=O) groups is 1. The van der Waals surface area contributed by atoms with Crippen LogP contribution in [0.1, 0.15) is 18.4 Å². The number of pyridine rings is 1. The van der Waals surface area contributed by atoms with Crippen LogP contribution in [0, 0.1) is 5.92 Å². The van der Waals surface area contributed by atoms with E-state index in [0.29, 0.717) is 12.4 Å². The van der Waals surface area contributed by atoms with Crippen LogP contribution in [-0.4, -0.2) is 31.1 Å². The van der Waals surface area contributed by atoms with E-state index in [0.717, 1.165) is 31.5 Å². The Labute approximate surface area is 107 Å². The second-order valence-electron chi connectivity index (χ2n) is 4.43. The summed E-state index contributed by atoms with van der Waals surface area (Å²) in [4.78, 5) is 16.1. The van der Waals surface area contributed by atoms with Crippen molar-refractivity contribution in [3.63, 3.8) is 0 Å². The number of rotatable bonds is 4. The molecule has 2 N–H and O–H groups in total. The van der Waals surface area contributed by atoms with Gasteiger partial charge in [-0.3, -0.25) is 4.79 Å². The van der Waals surface area contributed by atoms with E-state index < -0.39 is 0 Å². The highest BCUT2D eigenvalue weighted by molar-refractivity contribution is 5.79. The fourth-order valence-electron chi connectivity index (χ4n) is 2.14. The Morgan fingerprint density at radius 3 is 3.28 bits per heavy atom. The van der Waals surface area contributed by atoms with Crippen LogP contribution in [0.25, 0.3) is 0 Å². The minimum Gasteiger partial charge on any atom is -0.481 e. The number of hydrogen-bond donors (Lipinski definition) is 2. The van der Waals surface area contributed by atoms with Crippen LogP contribution < -0.4 is 15.4 Å². The molecule has 0 unspecified atom stereocenters. The van der Waals surface area contributed by atoms with Crippen molar-refractivity contribution in [1.82, 2.24) is 15.6 Å². The molecule has 1 amide bonds. The first-order chi connectivity index (χ1) is 8.81. The number of ether oxygens (including phenoxy) is 1. The maximum Gasteiger partial charge on any atom is 0.224 e. The van der Waals surface area contributed by atoms with Crippen LogP contribution >= 0.6 is 0 Å². The molecule has 1 fully saturated rings. The second kappa shape index (κ2) is 6.35. The molecule has 1 aliphatic heterocycles. The number of amides is 1. The van der Waals surface area contributed by atoms with Crippen molar-refractivity contribution in [3.8, 4) is 5.88 Å². The first kappa shape index (κ1) is 12.8. The molecule has 0 saturated carbocycles. The summed E-state index contributed by atoms with van der Waals surface area (Å²) in [6.07, 6.45) is 3.70. The third-order valence-corrected chi connectivity index (χ3v) is 3.16. The van der Waals surface area contributed by atoms with E-state index in [2.05, 4.69) is 15.6 Å². The van der Waals surface area contributed by atoms with Gasteiger partial charge in [0.05, 0.1) is 13.0 Å². The summed E-state index contributed by atoms with van der Waals surface area (Å²) in [6.45, 7) is 2.25. The summed E-state index contributed by atoms with van der Waals surface area (Å²) >= 11 is 0. The summed E-state index contributed by atoms with van der Waals surface area (Å²) in [7, 11) is 1.58. The number of aromatic nitrogens is 1. The molecule has 1 atom stereocenters. The normalized spacial score (nSPS) is 19.3. The van der Waals surface area contributed by atoms with Crippen LogP contribution in [0.4, 0.5) is 0 Å². The average molecular weight is 249 g/mol. The fraction of sp³-hybridized carbons (Fsp3) is 0.538. The molecule has 1 aromatic rings. The van der Waals surface area contributed by atoms with Gasteiger partial charge in [-0.1, -0.05) is 6.07 Å². The Kier molecular flexibility index (Phi) is 4.52. The zero-order valence-electron chi connectivity index (χ0n) is 10.6. The molecule has 0 aliphatic carbocycles. The zero-order chi connectivity index (χ0) is 12.8. The topological polar surface area (TPSA) is 63.2 Å². The van der Waals surface area contributed by atoms with Crippen molar-refractivity contribution >= 4 is 5.91 Å². The van der Waals surface area contributed by atoms with Gasteiger partial charge in [0, 0.05) is 24.8 Å². The molecule has 0 aromatic carbocycles. The van der Waals surface area contributed by atoms with Crippen molar-refractivity contribution in [2.75, 3.05) is 20.2 Å². The maximum atomic E-state index is 12.0. The summed E-state index contributed by atoms with van der Waals surface area (Å²) in [5.41, 5.74) is 0.900. The van der Waals surface area contributed by atoms with Gasteiger partial charge >= 0.3 is 0 Å². The standard InChI is InChI=1S/C13H19N3O2/c1-18-13-11(5-3-7-15-13)9-16-12(17)10-4-2-6-14-8-10/h3,5,7,10,14H,2,4,6,8-9H2,1H3,(H,16,17)/t10-/m0/s1.